The number of nitrogens with two attached hydrogens (primary N) is 1. The van der Waals surface area contributed by atoms with Crippen LogP contribution in [0.3, 0.4) is 0 Å². The Labute approximate surface area is 184 Å². The van der Waals surface area contributed by atoms with Crippen LogP contribution in [0.2, 0.25) is 0 Å². The second-order valence-corrected chi connectivity index (χ2v) is 9.44. The molecule has 3 aromatic heterocycles. The number of carbonyl (C=O) groups excluding carboxylic acids is 1. The predicted molar refractivity (Wildman–Crippen MR) is 121 cm³/mol. The highest BCUT2D eigenvalue weighted by Crippen LogP contribution is 2.39. The molecule has 0 amide bonds. The third kappa shape index (κ3) is 3.29. The summed E-state index contributed by atoms with van der Waals surface area (Å²) >= 11 is 0. The van der Waals surface area contributed by atoms with Crippen LogP contribution < -0.4 is 5.73 Å². The molecule has 3 N–H and O–H groups in total. The number of aliphatic hydroxyl groups is 1. The number of benzene rings is 1. The fourth-order valence-corrected chi connectivity index (χ4v) is 4.20. The highest BCUT2D eigenvalue weighted by atomic mass is 16.6. The molecule has 0 atom stereocenters. The van der Waals surface area contributed by atoms with Crippen molar-refractivity contribution in [3.05, 3.63) is 36.2 Å². The van der Waals surface area contributed by atoms with Gasteiger partial charge in [0.05, 0.1) is 28.7 Å². The topological polar surface area (TPSA) is 121 Å². The third-order valence-electron chi connectivity index (χ3n) is 5.73. The number of fused-ring (bicyclic) bond motifs is 2. The number of aromatic nitrogens is 5. The predicted octanol–water partition coefficient (Wildman–Crippen LogP) is 3.82. The molecule has 9 heteroatoms. The van der Waals surface area contributed by atoms with Gasteiger partial charge in [-0.1, -0.05) is 11.6 Å². The van der Waals surface area contributed by atoms with Gasteiger partial charge in [-0.25, -0.2) is 24.0 Å². The number of anilines is 1. The molecule has 0 unspecified atom stereocenters. The second-order valence-electron chi connectivity index (χ2n) is 9.44. The number of ether oxygens (including phenoxy) is 1. The van der Waals surface area contributed by atoms with E-state index in [-0.39, 0.29) is 18.0 Å². The number of aryl methyl sites for hydroxylation is 1. The first-order valence-electron chi connectivity index (χ1n) is 10.6. The Bertz CT molecular complexity index is 1360. The Morgan fingerprint density at radius 3 is 2.66 bits per heavy atom. The van der Waals surface area contributed by atoms with Crippen molar-refractivity contribution in [2.75, 3.05) is 5.73 Å². The molecule has 0 aliphatic heterocycles. The van der Waals surface area contributed by atoms with Gasteiger partial charge >= 0.3 is 6.09 Å². The van der Waals surface area contributed by atoms with Crippen LogP contribution >= 0.6 is 0 Å². The number of nitrogen functional groups attached to an aromatic ring is 1. The summed E-state index contributed by atoms with van der Waals surface area (Å²) in [6, 6.07) is 7.80. The van der Waals surface area contributed by atoms with E-state index in [1.807, 2.05) is 52.0 Å². The molecule has 1 fully saturated rings. The summed E-state index contributed by atoms with van der Waals surface area (Å²) in [6.45, 7) is 7.50. The average molecular weight is 435 g/mol. The van der Waals surface area contributed by atoms with Crippen molar-refractivity contribution in [3.8, 4) is 11.4 Å². The van der Waals surface area contributed by atoms with Crippen LogP contribution in [-0.4, -0.2) is 47.2 Å². The molecule has 1 aliphatic carbocycles. The Balaban J connectivity index is 1.78. The lowest BCUT2D eigenvalue weighted by atomic mass is 9.90. The van der Waals surface area contributed by atoms with Crippen molar-refractivity contribution in [1.82, 2.24) is 24.3 Å². The molecule has 0 saturated heterocycles. The largest absolute Gasteiger partial charge is 0.443 e. The quantitative estimate of drug-likeness (QED) is 0.492. The van der Waals surface area contributed by atoms with E-state index >= 15 is 0 Å². The zero-order valence-electron chi connectivity index (χ0n) is 18.5. The molecular weight excluding hydrogens is 408 g/mol. The van der Waals surface area contributed by atoms with Gasteiger partial charge in [-0.05, 0) is 58.7 Å². The van der Waals surface area contributed by atoms with E-state index in [4.69, 9.17) is 15.6 Å². The second kappa shape index (κ2) is 7.03. The summed E-state index contributed by atoms with van der Waals surface area (Å²) in [4.78, 5) is 21.9. The molecular formula is C23H26N6O3. The van der Waals surface area contributed by atoms with E-state index < -0.39 is 11.7 Å². The Kier molecular flexibility index (Phi) is 4.49. The fraction of sp³-hybridized carbons (Fsp3) is 0.391. The fourth-order valence-electron chi connectivity index (χ4n) is 4.20. The van der Waals surface area contributed by atoms with Gasteiger partial charge in [0.2, 0.25) is 0 Å². The lowest BCUT2D eigenvalue weighted by molar-refractivity contribution is 0.0451. The zero-order valence-corrected chi connectivity index (χ0v) is 18.5. The van der Waals surface area contributed by atoms with Gasteiger partial charge in [-0.3, -0.25) is 0 Å². The monoisotopic (exact) mass is 434 g/mol. The summed E-state index contributed by atoms with van der Waals surface area (Å²) in [5, 5.41) is 16.1. The van der Waals surface area contributed by atoms with Crippen molar-refractivity contribution < 1.29 is 14.6 Å². The minimum atomic E-state index is -0.665. The maximum absolute atomic E-state index is 13.3. The van der Waals surface area contributed by atoms with Crippen LogP contribution in [0.15, 0.2) is 30.6 Å². The summed E-state index contributed by atoms with van der Waals surface area (Å²) < 4.78 is 9.04. The SMILES string of the molecule is Cc1ccc2c(c1)cc(-c1nn(C3CC(O)C3)c3ncnc(N)c13)n2C(=O)OC(C)(C)C. The van der Waals surface area contributed by atoms with Crippen molar-refractivity contribution in [2.24, 2.45) is 0 Å². The van der Waals surface area contributed by atoms with Gasteiger partial charge in [0.1, 0.15) is 23.4 Å². The highest BCUT2D eigenvalue weighted by Gasteiger charge is 2.33. The molecule has 5 rings (SSSR count). The Morgan fingerprint density at radius 2 is 1.97 bits per heavy atom. The van der Waals surface area contributed by atoms with E-state index in [9.17, 15) is 9.90 Å². The zero-order chi connectivity index (χ0) is 22.8. The molecule has 1 aromatic carbocycles. The number of hydrogen-bond donors (Lipinski definition) is 2. The molecule has 4 aromatic rings. The number of hydrogen-bond acceptors (Lipinski definition) is 7. The van der Waals surface area contributed by atoms with E-state index in [1.165, 1.54) is 10.9 Å². The summed E-state index contributed by atoms with van der Waals surface area (Å²) in [6.07, 6.45) is 1.74. The first-order valence-corrected chi connectivity index (χ1v) is 10.6. The van der Waals surface area contributed by atoms with Crippen LogP contribution in [0.25, 0.3) is 33.3 Å². The first-order chi connectivity index (χ1) is 15.1. The van der Waals surface area contributed by atoms with Crippen molar-refractivity contribution in [2.45, 2.75) is 58.3 Å². The van der Waals surface area contributed by atoms with Crippen molar-refractivity contribution in [3.63, 3.8) is 0 Å². The van der Waals surface area contributed by atoms with Crippen LogP contribution in [0.1, 0.15) is 45.2 Å². The molecule has 1 saturated carbocycles. The molecule has 0 bridgehead atoms. The molecule has 32 heavy (non-hydrogen) atoms. The van der Waals surface area contributed by atoms with Gasteiger partial charge in [0, 0.05) is 5.39 Å². The lowest BCUT2D eigenvalue weighted by Crippen LogP contribution is -2.31. The van der Waals surface area contributed by atoms with Gasteiger partial charge in [-0.2, -0.15) is 5.10 Å². The van der Waals surface area contributed by atoms with Gasteiger partial charge in [-0.15, -0.1) is 0 Å². The maximum Gasteiger partial charge on any atom is 0.419 e. The van der Waals surface area contributed by atoms with Gasteiger partial charge < -0.3 is 15.6 Å². The summed E-state index contributed by atoms with van der Waals surface area (Å²) in [5.74, 6) is 0.285. The highest BCUT2D eigenvalue weighted by molar-refractivity contribution is 6.03. The standard InChI is InChI=1S/C23H26N6O3/c1-12-5-6-16-13(7-12)8-17(28(16)22(31)32-23(2,3)4)19-18-20(24)25-11-26-21(18)29(27-19)14-9-15(30)10-14/h5-8,11,14-15,30H,9-10H2,1-4H3,(H2,24,25,26). The number of nitrogens with zero attached hydrogens (tertiary/aromatic N) is 5. The Morgan fingerprint density at radius 1 is 1.22 bits per heavy atom. The average Bonchev–Trinajstić information content (AvgIpc) is 3.23. The molecule has 9 nitrogen and oxygen atoms in total. The maximum atomic E-state index is 13.3. The molecule has 1 aliphatic rings. The van der Waals surface area contributed by atoms with Crippen LogP contribution in [0.5, 0.6) is 0 Å². The number of carbonyl (C=O) groups is 1. The van der Waals surface area contributed by atoms with Crippen LogP contribution in [0, 0.1) is 6.92 Å². The molecule has 0 spiro atoms. The molecule has 3 heterocycles. The normalized spacial score (nSPS) is 18.8. The number of aliphatic hydroxyl groups excluding tert-OH is 1. The van der Waals surface area contributed by atoms with Gasteiger partial charge in [0.25, 0.3) is 0 Å². The van der Waals surface area contributed by atoms with E-state index in [1.54, 1.807) is 4.68 Å². The smallest absolute Gasteiger partial charge is 0.419 e. The summed E-state index contributed by atoms with van der Waals surface area (Å²) in [5.41, 5.74) is 9.05. The number of rotatable bonds is 2. The van der Waals surface area contributed by atoms with E-state index in [0.717, 1.165) is 16.5 Å². The summed E-state index contributed by atoms with van der Waals surface area (Å²) in [7, 11) is 0. The van der Waals surface area contributed by atoms with E-state index in [0.29, 0.717) is 35.3 Å². The van der Waals surface area contributed by atoms with Gasteiger partial charge in [0.15, 0.2) is 5.65 Å². The van der Waals surface area contributed by atoms with E-state index in [2.05, 4.69) is 9.97 Å². The Hall–Kier alpha value is -3.46. The lowest BCUT2D eigenvalue weighted by Gasteiger charge is -2.31. The molecule has 0 radical (unpaired) electrons. The third-order valence-corrected chi connectivity index (χ3v) is 5.73. The van der Waals surface area contributed by atoms with Crippen LogP contribution in [-0.2, 0) is 4.74 Å². The first kappa shape index (κ1) is 20.4. The minimum absolute atomic E-state index is 0.0112. The molecule has 166 valence electrons. The van der Waals surface area contributed by atoms with Crippen molar-refractivity contribution in [1.29, 1.82) is 0 Å². The van der Waals surface area contributed by atoms with Crippen LogP contribution in [0.4, 0.5) is 10.6 Å². The van der Waals surface area contributed by atoms with Crippen molar-refractivity contribution >= 4 is 33.8 Å². The minimum Gasteiger partial charge on any atom is -0.443 e.